The first-order valence-corrected chi connectivity index (χ1v) is 7.85. The first-order valence-electron chi connectivity index (χ1n) is 7.85. The number of nitrogens with zero attached hydrogens (tertiary/aromatic N) is 1. The second-order valence-electron chi connectivity index (χ2n) is 5.69. The van der Waals surface area contributed by atoms with Gasteiger partial charge in [-0.3, -0.25) is 4.79 Å². The first kappa shape index (κ1) is 19.6. The average Bonchev–Trinajstić information content (AvgIpc) is 2.59. The number of halogens is 1. The molecule has 0 radical (unpaired) electrons. The second-order valence-corrected chi connectivity index (χ2v) is 5.69. The van der Waals surface area contributed by atoms with Gasteiger partial charge in [-0.05, 0) is 57.0 Å². The quantitative estimate of drug-likeness (QED) is 0.863. The molecule has 0 saturated carbocycles. The summed E-state index contributed by atoms with van der Waals surface area (Å²) < 4.78 is 10.5. The molecule has 0 aromatic heterocycles. The highest BCUT2D eigenvalue weighted by Crippen LogP contribution is 2.27. The van der Waals surface area contributed by atoms with Gasteiger partial charge in [0.2, 0.25) is 0 Å². The summed E-state index contributed by atoms with van der Waals surface area (Å²) in [6, 6.07) is 5.35. The van der Waals surface area contributed by atoms with Crippen LogP contribution < -0.4 is 14.8 Å². The molecular formula is C17H27ClN2O3. The number of carbonyl (C=O) groups is 1. The van der Waals surface area contributed by atoms with Crippen molar-refractivity contribution in [1.29, 1.82) is 0 Å². The number of nitrogens with one attached hydrogen (secondary N) is 1. The Morgan fingerprint density at radius 2 is 1.96 bits per heavy atom. The van der Waals surface area contributed by atoms with Crippen molar-refractivity contribution in [2.24, 2.45) is 5.92 Å². The highest BCUT2D eigenvalue weighted by Gasteiger charge is 2.25. The molecule has 0 spiro atoms. The largest absolute Gasteiger partial charge is 0.497 e. The third kappa shape index (κ3) is 5.01. The lowest BCUT2D eigenvalue weighted by atomic mass is 9.93. The van der Waals surface area contributed by atoms with Gasteiger partial charge in [0.1, 0.15) is 11.5 Å². The van der Waals surface area contributed by atoms with E-state index in [4.69, 9.17) is 9.47 Å². The van der Waals surface area contributed by atoms with E-state index in [0.717, 1.165) is 32.5 Å². The van der Waals surface area contributed by atoms with Crippen LogP contribution in [-0.2, 0) is 0 Å². The Balaban J connectivity index is 0.00000264. The fourth-order valence-electron chi connectivity index (χ4n) is 2.92. The van der Waals surface area contributed by atoms with Crippen molar-refractivity contribution in [1.82, 2.24) is 10.2 Å². The number of ether oxygens (including phenoxy) is 2. The van der Waals surface area contributed by atoms with Crippen molar-refractivity contribution in [3.63, 3.8) is 0 Å². The van der Waals surface area contributed by atoms with E-state index in [0.29, 0.717) is 23.0 Å². The number of likely N-dealkylation sites (tertiary alicyclic amines) is 1. The van der Waals surface area contributed by atoms with Crippen LogP contribution in [0.4, 0.5) is 0 Å². The van der Waals surface area contributed by atoms with Crippen LogP contribution in [0.1, 0.15) is 29.6 Å². The molecule has 0 atom stereocenters. The molecule has 1 saturated heterocycles. The fraction of sp³-hybridized carbons (Fsp3) is 0.588. The normalized spacial score (nSPS) is 15.0. The van der Waals surface area contributed by atoms with E-state index in [1.54, 1.807) is 32.4 Å². The molecule has 23 heavy (non-hydrogen) atoms. The Hall–Kier alpha value is -1.46. The van der Waals surface area contributed by atoms with E-state index in [2.05, 4.69) is 5.32 Å². The van der Waals surface area contributed by atoms with Gasteiger partial charge >= 0.3 is 0 Å². The summed E-state index contributed by atoms with van der Waals surface area (Å²) in [7, 11) is 5.17. The van der Waals surface area contributed by atoms with Gasteiger partial charge in [0.05, 0.1) is 19.8 Å². The highest BCUT2D eigenvalue weighted by atomic mass is 35.5. The maximum atomic E-state index is 12.7. The maximum Gasteiger partial charge on any atom is 0.257 e. The van der Waals surface area contributed by atoms with Gasteiger partial charge in [-0.1, -0.05) is 0 Å². The Labute approximate surface area is 144 Å². The van der Waals surface area contributed by atoms with Crippen LogP contribution >= 0.6 is 12.4 Å². The van der Waals surface area contributed by atoms with Crippen molar-refractivity contribution in [3.05, 3.63) is 23.8 Å². The summed E-state index contributed by atoms with van der Waals surface area (Å²) in [5.41, 5.74) is 0.579. The van der Waals surface area contributed by atoms with Crippen molar-refractivity contribution in [2.75, 3.05) is 40.9 Å². The molecule has 1 aliphatic heterocycles. The monoisotopic (exact) mass is 342 g/mol. The number of rotatable bonds is 6. The minimum atomic E-state index is 0. The summed E-state index contributed by atoms with van der Waals surface area (Å²) in [5.74, 6) is 2.02. The van der Waals surface area contributed by atoms with Crippen LogP contribution in [0.15, 0.2) is 18.2 Å². The minimum absolute atomic E-state index is 0. The fourth-order valence-corrected chi connectivity index (χ4v) is 2.92. The molecule has 1 amide bonds. The summed E-state index contributed by atoms with van der Waals surface area (Å²) in [5, 5.41) is 3.19. The van der Waals surface area contributed by atoms with Crippen LogP contribution in [0.25, 0.3) is 0 Å². The standard InChI is InChI=1S/C17H26N2O3.ClH/c1-18-9-6-13-7-10-19(11-8-13)17(20)15-12-14(21-2)4-5-16(15)22-3;/h4-5,12-13,18H,6-11H2,1-3H3;1H. The number of carbonyl (C=O) groups excluding carboxylic acids is 1. The van der Waals surface area contributed by atoms with E-state index in [1.807, 2.05) is 11.9 Å². The van der Waals surface area contributed by atoms with Crippen molar-refractivity contribution in [3.8, 4) is 11.5 Å². The SMILES string of the molecule is CNCCC1CCN(C(=O)c2cc(OC)ccc2OC)CC1.Cl. The molecule has 0 unspecified atom stereocenters. The zero-order chi connectivity index (χ0) is 15.9. The van der Waals surface area contributed by atoms with Gasteiger partial charge in [-0.2, -0.15) is 0 Å². The van der Waals surface area contributed by atoms with Crippen molar-refractivity contribution in [2.45, 2.75) is 19.3 Å². The number of benzene rings is 1. The van der Waals surface area contributed by atoms with Crippen molar-refractivity contribution < 1.29 is 14.3 Å². The van der Waals surface area contributed by atoms with Gasteiger partial charge in [-0.15, -0.1) is 12.4 Å². The number of piperidine rings is 1. The lowest BCUT2D eigenvalue weighted by molar-refractivity contribution is 0.0683. The third-order valence-corrected chi connectivity index (χ3v) is 4.34. The molecule has 1 fully saturated rings. The van der Waals surface area contributed by atoms with E-state index < -0.39 is 0 Å². The maximum absolute atomic E-state index is 12.7. The molecule has 0 bridgehead atoms. The van der Waals surface area contributed by atoms with Crippen LogP contribution in [0, 0.1) is 5.92 Å². The predicted octanol–water partition coefficient (Wildman–Crippen LogP) is 2.59. The van der Waals surface area contributed by atoms with Gasteiger partial charge in [0.25, 0.3) is 5.91 Å². The number of hydrogen-bond acceptors (Lipinski definition) is 4. The minimum Gasteiger partial charge on any atom is -0.497 e. The zero-order valence-corrected chi connectivity index (χ0v) is 14.9. The molecule has 5 nitrogen and oxygen atoms in total. The van der Waals surface area contributed by atoms with Crippen LogP contribution in [-0.4, -0.2) is 51.7 Å². The Morgan fingerprint density at radius 3 is 2.52 bits per heavy atom. The van der Waals surface area contributed by atoms with E-state index in [1.165, 1.54) is 6.42 Å². The van der Waals surface area contributed by atoms with E-state index in [-0.39, 0.29) is 18.3 Å². The molecule has 1 aliphatic rings. The first-order chi connectivity index (χ1) is 10.7. The zero-order valence-electron chi connectivity index (χ0n) is 14.1. The molecule has 130 valence electrons. The lowest BCUT2D eigenvalue weighted by Gasteiger charge is -2.32. The molecule has 6 heteroatoms. The van der Waals surface area contributed by atoms with Crippen LogP contribution in [0.2, 0.25) is 0 Å². The number of methoxy groups -OCH3 is 2. The third-order valence-electron chi connectivity index (χ3n) is 4.34. The topological polar surface area (TPSA) is 50.8 Å². The smallest absolute Gasteiger partial charge is 0.257 e. The van der Waals surface area contributed by atoms with E-state index in [9.17, 15) is 4.79 Å². The van der Waals surface area contributed by atoms with Crippen molar-refractivity contribution >= 4 is 18.3 Å². The van der Waals surface area contributed by atoms with Crippen LogP contribution in [0.5, 0.6) is 11.5 Å². The molecule has 2 rings (SSSR count). The lowest BCUT2D eigenvalue weighted by Crippen LogP contribution is -2.39. The Bertz CT molecular complexity index is 503. The van der Waals surface area contributed by atoms with E-state index >= 15 is 0 Å². The Morgan fingerprint density at radius 1 is 1.26 bits per heavy atom. The van der Waals surface area contributed by atoms with Crippen LogP contribution in [0.3, 0.4) is 0 Å². The molecule has 1 aromatic rings. The second kappa shape index (κ2) is 9.63. The summed E-state index contributed by atoms with van der Waals surface area (Å²) in [6.45, 7) is 2.67. The average molecular weight is 343 g/mol. The highest BCUT2D eigenvalue weighted by molar-refractivity contribution is 5.97. The molecule has 1 N–H and O–H groups in total. The van der Waals surface area contributed by atoms with Gasteiger partial charge in [-0.25, -0.2) is 0 Å². The summed E-state index contributed by atoms with van der Waals surface area (Å²) in [4.78, 5) is 14.7. The summed E-state index contributed by atoms with van der Waals surface area (Å²) in [6.07, 6.45) is 3.32. The summed E-state index contributed by atoms with van der Waals surface area (Å²) >= 11 is 0. The van der Waals surface area contributed by atoms with Gasteiger partial charge in [0.15, 0.2) is 0 Å². The molecular weight excluding hydrogens is 316 g/mol. The number of amides is 1. The molecule has 1 aromatic carbocycles. The molecule has 0 aliphatic carbocycles. The predicted molar refractivity (Wildman–Crippen MR) is 94.0 cm³/mol. The van der Waals surface area contributed by atoms with Gasteiger partial charge in [0, 0.05) is 13.1 Å². The molecule has 1 heterocycles. The number of hydrogen-bond donors (Lipinski definition) is 1. The Kier molecular flexibility index (Phi) is 8.20. The van der Waals surface area contributed by atoms with Gasteiger partial charge < -0.3 is 19.7 Å².